The fourth-order valence-corrected chi connectivity index (χ4v) is 4.09. The van der Waals surface area contributed by atoms with E-state index in [0.29, 0.717) is 11.7 Å². The van der Waals surface area contributed by atoms with Crippen LogP contribution in [0, 0.1) is 0 Å². The Morgan fingerprint density at radius 2 is 1.96 bits per heavy atom. The minimum atomic E-state index is -0.544. The third-order valence-corrected chi connectivity index (χ3v) is 5.83. The molecule has 3 heterocycles. The monoisotopic (exact) mass is 375 g/mol. The van der Waals surface area contributed by atoms with Crippen molar-refractivity contribution in [3.63, 3.8) is 0 Å². The lowest BCUT2D eigenvalue weighted by Gasteiger charge is -2.18. The average molecular weight is 375 g/mol. The summed E-state index contributed by atoms with van der Waals surface area (Å²) in [5.74, 6) is 2.65. The summed E-state index contributed by atoms with van der Waals surface area (Å²) >= 11 is 0. The number of hydrogen-bond donors (Lipinski definition) is 1. The molecule has 1 aliphatic heterocycles. The van der Waals surface area contributed by atoms with Gasteiger partial charge in [-0.3, -0.25) is 10.1 Å². The van der Waals surface area contributed by atoms with Crippen LogP contribution in [-0.2, 0) is 23.1 Å². The molecule has 1 N–H and O–H groups in total. The summed E-state index contributed by atoms with van der Waals surface area (Å²) < 4.78 is 16.3. The van der Waals surface area contributed by atoms with Crippen molar-refractivity contribution >= 4 is 11.9 Å². The van der Waals surface area contributed by atoms with Crippen LogP contribution in [-0.4, -0.2) is 22.7 Å². The summed E-state index contributed by atoms with van der Waals surface area (Å²) in [4.78, 5) is 22.0. The average Bonchev–Trinajstić information content (AvgIpc) is 3.16. The molecule has 7 nitrogen and oxygen atoms in total. The van der Waals surface area contributed by atoms with E-state index >= 15 is 0 Å². The third-order valence-electron chi connectivity index (χ3n) is 5.83. The van der Waals surface area contributed by atoms with Crippen LogP contribution in [0.2, 0.25) is 0 Å². The van der Waals surface area contributed by atoms with Crippen LogP contribution >= 0.6 is 0 Å². The maximum atomic E-state index is 13.0. The van der Waals surface area contributed by atoms with Gasteiger partial charge in [0.25, 0.3) is 0 Å². The van der Waals surface area contributed by atoms with Crippen molar-refractivity contribution in [1.82, 2.24) is 9.97 Å². The SMILES string of the molecule is O=C(Nc1ncc2c(n1)CCc1occc1-2)C1(c2ccc3c(c2)OCO3)CC1. The normalized spacial score (nSPS) is 17.6. The summed E-state index contributed by atoms with van der Waals surface area (Å²) in [7, 11) is 0. The van der Waals surface area contributed by atoms with Gasteiger partial charge >= 0.3 is 0 Å². The van der Waals surface area contributed by atoms with Crippen LogP contribution in [0.1, 0.15) is 29.9 Å². The zero-order valence-electron chi connectivity index (χ0n) is 15.0. The highest BCUT2D eigenvalue weighted by Crippen LogP contribution is 2.51. The number of aryl methyl sites for hydroxylation is 2. The predicted octanol–water partition coefficient (Wildman–Crippen LogP) is 3.23. The molecular weight excluding hydrogens is 358 g/mol. The number of rotatable bonds is 3. The molecule has 1 amide bonds. The van der Waals surface area contributed by atoms with Gasteiger partial charge in [0.2, 0.25) is 18.6 Å². The van der Waals surface area contributed by atoms with E-state index in [0.717, 1.165) is 59.6 Å². The van der Waals surface area contributed by atoms with Crippen molar-refractivity contribution in [1.29, 1.82) is 0 Å². The molecule has 2 aliphatic carbocycles. The standard InChI is InChI=1S/C21H17N3O4/c25-19(21(6-7-21)12-1-3-17-18(9-12)28-11-27-17)24-20-22-10-14-13-5-8-26-16(13)4-2-15(14)23-20/h1,3,5,8-10H,2,4,6-7,11H2,(H,22,23,24,25). The lowest BCUT2D eigenvalue weighted by Crippen LogP contribution is -2.29. The topological polar surface area (TPSA) is 86.5 Å². The zero-order chi connectivity index (χ0) is 18.7. The van der Waals surface area contributed by atoms with E-state index < -0.39 is 5.41 Å². The molecule has 0 atom stereocenters. The van der Waals surface area contributed by atoms with E-state index in [1.165, 1.54) is 0 Å². The molecule has 0 saturated heterocycles. The number of aromatic nitrogens is 2. The van der Waals surface area contributed by atoms with Gasteiger partial charge in [0, 0.05) is 23.7 Å². The van der Waals surface area contributed by atoms with E-state index in [-0.39, 0.29) is 12.7 Å². The highest BCUT2D eigenvalue weighted by atomic mass is 16.7. The van der Waals surface area contributed by atoms with Crippen molar-refractivity contribution in [2.24, 2.45) is 0 Å². The predicted molar refractivity (Wildman–Crippen MR) is 99.2 cm³/mol. The second-order valence-electron chi connectivity index (χ2n) is 7.42. The van der Waals surface area contributed by atoms with Crippen LogP contribution < -0.4 is 14.8 Å². The first-order valence-corrected chi connectivity index (χ1v) is 9.37. The Balaban J connectivity index is 1.27. The van der Waals surface area contributed by atoms with Crippen LogP contribution in [0.25, 0.3) is 11.1 Å². The van der Waals surface area contributed by atoms with Gasteiger partial charge in [-0.25, -0.2) is 9.97 Å². The summed E-state index contributed by atoms with van der Waals surface area (Å²) in [5.41, 5.74) is 3.35. The van der Waals surface area contributed by atoms with E-state index in [9.17, 15) is 4.79 Å². The molecular formula is C21H17N3O4. The van der Waals surface area contributed by atoms with Crippen LogP contribution in [0.4, 0.5) is 5.95 Å². The molecule has 0 unspecified atom stereocenters. The Morgan fingerprint density at radius 3 is 2.86 bits per heavy atom. The van der Waals surface area contributed by atoms with Gasteiger partial charge in [-0.2, -0.15) is 0 Å². The maximum absolute atomic E-state index is 13.0. The molecule has 3 aromatic rings. The Labute approximate surface area is 160 Å². The van der Waals surface area contributed by atoms with Crippen molar-refractivity contribution in [2.75, 3.05) is 12.1 Å². The second-order valence-corrected chi connectivity index (χ2v) is 7.42. The first kappa shape index (κ1) is 15.7. The largest absolute Gasteiger partial charge is 0.469 e. The van der Waals surface area contributed by atoms with Crippen molar-refractivity contribution < 1.29 is 18.7 Å². The Morgan fingerprint density at radius 1 is 1.07 bits per heavy atom. The quantitative estimate of drug-likeness (QED) is 0.756. The molecule has 3 aliphatic rings. The zero-order valence-corrected chi connectivity index (χ0v) is 15.0. The summed E-state index contributed by atoms with van der Waals surface area (Å²) in [6.07, 6.45) is 6.63. The number of anilines is 1. The van der Waals surface area contributed by atoms with Crippen LogP contribution in [0.15, 0.2) is 41.1 Å². The number of nitrogens with zero attached hydrogens (tertiary/aromatic N) is 2. The summed E-state index contributed by atoms with van der Waals surface area (Å²) in [6, 6.07) is 7.65. The third kappa shape index (κ3) is 2.25. The number of benzene rings is 1. The highest BCUT2D eigenvalue weighted by molar-refractivity contribution is 6.00. The van der Waals surface area contributed by atoms with Crippen molar-refractivity contribution in [2.45, 2.75) is 31.1 Å². The minimum absolute atomic E-state index is 0.0777. The molecule has 1 aromatic carbocycles. The lowest BCUT2D eigenvalue weighted by atomic mass is 9.94. The van der Waals surface area contributed by atoms with Gasteiger partial charge < -0.3 is 13.9 Å². The molecule has 0 radical (unpaired) electrons. The number of amides is 1. The first-order chi connectivity index (χ1) is 13.7. The number of carbonyl (C=O) groups excluding carboxylic acids is 1. The Kier molecular flexibility index (Phi) is 3.12. The lowest BCUT2D eigenvalue weighted by molar-refractivity contribution is -0.118. The number of fused-ring (bicyclic) bond motifs is 4. The fraction of sp³-hybridized carbons (Fsp3) is 0.286. The maximum Gasteiger partial charge on any atom is 0.237 e. The number of furan rings is 1. The van der Waals surface area contributed by atoms with Crippen molar-refractivity contribution in [3.8, 4) is 22.6 Å². The highest BCUT2D eigenvalue weighted by Gasteiger charge is 2.52. The van der Waals surface area contributed by atoms with Gasteiger partial charge in [0.05, 0.1) is 17.4 Å². The molecule has 2 aromatic heterocycles. The molecule has 7 heteroatoms. The summed E-state index contributed by atoms with van der Waals surface area (Å²) in [6.45, 7) is 0.222. The molecule has 0 bridgehead atoms. The number of hydrogen-bond acceptors (Lipinski definition) is 6. The molecule has 28 heavy (non-hydrogen) atoms. The van der Waals surface area contributed by atoms with Gasteiger partial charge in [-0.1, -0.05) is 6.07 Å². The van der Waals surface area contributed by atoms with E-state index in [2.05, 4.69) is 15.3 Å². The number of nitrogens with one attached hydrogen (secondary N) is 1. The van der Waals surface area contributed by atoms with Gasteiger partial charge in [-0.05, 0) is 43.0 Å². The molecule has 1 saturated carbocycles. The van der Waals surface area contributed by atoms with E-state index in [1.807, 2.05) is 24.3 Å². The smallest absolute Gasteiger partial charge is 0.237 e. The minimum Gasteiger partial charge on any atom is -0.469 e. The first-order valence-electron chi connectivity index (χ1n) is 9.37. The van der Waals surface area contributed by atoms with Gasteiger partial charge in [0.1, 0.15) is 5.76 Å². The number of ether oxygens (including phenoxy) is 2. The second kappa shape index (κ2) is 5.58. The van der Waals surface area contributed by atoms with Crippen molar-refractivity contribution in [3.05, 3.63) is 53.7 Å². The summed E-state index contributed by atoms with van der Waals surface area (Å²) in [5, 5.41) is 2.92. The van der Waals surface area contributed by atoms with Crippen LogP contribution in [0.5, 0.6) is 11.5 Å². The molecule has 6 rings (SSSR count). The molecule has 140 valence electrons. The van der Waals surface area contributed by atoms with Gasteiger partial charge in [-0.15, -0.1) is 0 Å². The van der Waals surface area contributed by atoms with Gasteiger partial charge in [0.15, 0.2) is 11.5 Å². The number of carbonyl (C=O) groups is 1. The van der Waals surface area contributed by atoms with Crippen LogP contribution in [0.3, 0.4) is 0 Å². The molecule has 1 fully saturated rings. The Hall–Kier alpha value is -3.35. The Bertz CT molecular complexity index is 1120. The van der Waals surface area contributed by atoms with E-state index in [1.54, 1.807) is 12.5 Å². The fourth-order valence-electron chi connectivity index (χ4n) is 4.09. The van der Waals surface area contributed by atoms with E-state index in [4.69, 9.17) is 13.9 Å². The molecule has 0 spiro atoms.